The largest absolute Gasteiger partial charge is 0.346 e. The van der Waals surface area contributed by atoms with E-state index in [0.29, 0.717) is 16.8 Å². The van der Waals surface area contributed by atoms with Crippen LogP contribution in [-0.4, -0.2) is 21.4 Å². The van der Waals surface area contributed by atoms with Crippen molar-refractivity contribution in [1.82, 2.24) is 5.32 Å². The number of benzene rings is 3. The fourth-order valence-electron chi connectivity index (χ4n) is 3.70. The van der Waals surface area contributed by atoms with Gasteiger partial charge in [-0.25, -0.2) is 8.42 Å². The molecule has 5 nitrogen and oxygen atoms in total. The van der Waals surface area contributed by atoms with Crippen molar-refractivity contribution in [3.8, 4) is 0 Å². The Bertz CT molecular complexity index is 1200. The lowest BCUT2D eigenvalue weighted by Crippen LogP contribution is -2.28. The first-order chi connectivity index (χ1) is 14.6. The summed E-state index contributed by atoms with van der Waals surface area (Å²) in [5, 5.41) is 3.03. The average Bonchev–Trinajstić information content (AvgIpc) is 2.73. The van der Waals surface area contributed by atoms with E-state index in [-0.39, 0.29) is 16.8 Å². The van der Waals surface area contributed by atoms with Crippen LogP contribution in [0.15, 0.2) is 71.6 Å². The fraction of sp³-hybridized carbons (Fsp3) is 0.240. The van der Waals surface area contributed by atoms with Gasteiger partial charge < -0.3 is 5.32 Å². The quantitative estimate of drug-likeness (QED) is 0.596. The van der Waals surface area contributed by atoms with Gasteiger partial charge in [-0.1, -0.05) is 42.0 Å². The topological polar surface area (TPSA) is 66.5 Å². The highest BCUT2D eigenvalue weighted by Gasteiger charge is 2.23. The molecule has 0 aliphatic heterocycles. The van der Waals surface area contributed by atoms with Gasteiger partial charge in [0.05, 0.1) is 16.6 Å². The molecule has 162 valence electrons. The summed E-state index contributed by atoms with van der Waals surface area (Å²) < 4.78 is 27.1. The number of anilines is 1. The second kappa shape index (κ2) is 8.94. The molecule has 3 aromatic rings. The second-order valence-electron chi connectivity index (χ2n) is 7.84. The maximum absolute atomic E-state index is 12.9. The van der Waals surface area contributed by atoms with Gasteiger partial charge in [-0.2, -0.15) is 0 Å². The fourth-order valence-corrected chi connectivity index (χ4v) is 4.98. The molecule has 0 heterocycles. The van der Waals surface area contributed by atoms with Gasteiger partial charge in [0.25, 0.3) is 15.9 Å². The molecule has 0 fully saturated rings. The van der Waals surface area contributed by atoms with Gasteiger partial charge in [0.2, 0.25) is 0 Å². The number of nitrogens with zero attached hydrogens (tertiary/aromatic N) is 1. The smallest absolute Gasteiger partial charge is 0.264 e. The van der Waals surface area contributed by atoms with Crippen LogP contribution in [0.5, 0.6) is 0 Å². The minimum atomic E-state index is -3.68. The number of carbonyl (C=O) groups excluding carboxylic acids is 1. The third-order valence-corrected chi connectivity index (χ3v) is 7.22. The summed E-state index contributed by atoms with van der Waals surface area (Å²) >= 11 is 0. The number of hydrogen-bond donors (Lipinski definition) is 1. The molecule has 0 bridgehead atoms. The van der Waals surface area contributed by atoms with E-state index in [4.69, 9.17) is 0 Å². The number of sulfonamides is 1. The van der Waals surface area contributed by atoms with Crippen LogP contribution in [0.2, 0.25) is 0 Å². The van der Waals surface area contributed by atoms with Gasteiger partial charge in [0, 0.05) is 12.6 Å². The second-order valence-corrected chi connectivity index (χ2v) is 9.81. The highest BCUT2D eigenvalue weighted by Crippen LogP contribution is 2.26. The number of aryl methyl sites for hydroxylation is 3. The van der Waals surface area contributed by atoms with E-state index in [0.717, 1.165) is 11.1 Å². The summed E-state index contributed by atoms with van der Waals surface area (Å²) in [6, 6.07) is 19.4. The van der Waals surface area contributed by atoms with Crippen molar-refractivity contribution in [3.63, 3.8) is 0 Å². The zero-order valence-electron chi connectivity index (χ0n) is 18.5. The Morgan fingerprint density at radius 3 is 2.19 bits per heavy atom. The predicted molar refractivity (Wildman–Crippen MR) is 125 cm³/mol. The Morgan fingerprint density at radius 2 is 1.58 bits per heavy atom. The Labute approximate surface area is 184 Å². The molecule has 1 N–H and O–H groups in total. The Hall–Kier alpha value is -3.12. The SMILES string of the molecule is Cc1ccc([C@H](C)NC(=O)c2ccc(N(C)S(=O)(=O)c3ccccc3)c(C)c2)c(C)c1. The van der Waals surface area contributed by atoms with Crippen molar-refractivity contribution in [1.29, 1.82) is 0 Å². The third-order valence-electron chi connectivity index (χ3n) is 5.44. The zero-order chi connectivity index (χ0) is 22.8. The van der Waals surface area contributed by atoms with E-state index in [1.165, 1.54) is 16.9 Å². The number of rotatable bonds is 6. The van der Waals surface area contributed by atoms with Gasteiger partial charge >= 0.3 is 0 Å². The first-order valence-corrected chi connectivity index (χ1v) is 11.6. The van der Waals surface area contributed by atoms with Crippen LogP contribution in [0.1, 0.15) is 45.6 Å². The zero-order valence-corrected chi connectivity index (χ0v) is 19.3. The Morgan fingerprint density at radius 1 is 0.903 bits per heavy atom. The van der Waals surface area contributed by atoms with Crippen LogP contribution in [0, 0.1) is 20.8 Å². The molecule has 0 radical (unpaired) electrons. The number of hydrogen-bond acceptors (Lipinski definition) is 3. The maximum Gasteiger partial charge on any atom is 0.264 e. The van der Waals surface area contributed by atoms with Crippen molar-refractivity contribution in [2.24, 2.45) is 0 Å². The molecule has 0 aromatic heterocycles. The summed E-state index contributed by atoms with van der Waals surface area (Å²) in [6.07, 6.45) is 0. The molecule has 6 heteroatoms. The normalized spacial score (nSPS) is 12.3. The number of amides is 1. The standard InChI is InChI=1S/C25H28N2O3S/c1-17-11-13-23(18(2)15-17)20(4)26-25(28)21-12-14-24(19(3)16-21)27(5)31(29,30)22-9-7-6-8-10-22/h6-16,20H,1-5H3,(H,26,28)/t20-/m0/s1. The molecule has 0 unspecified atom stereocenters. The monoisotopic (exact) mass is 436 g/mol. The summed E-state index contributed by atoms with van der Waals surface area (Å²) in [5.74, 6) is -0.198. The molecule has 3 aromatic carbocycles. The van der Waals surface area contributed by atoms with E-state index < -0.39 is 10.0 Å². The predicted octanol–water partition coefficient (Wildman–Crippen LogP) is 4.93. The summed E-state index contributed by atoms with van der Waals surface area (Å²) in [4.78, 5) is 13.0. The van der Waals surface area contributed by atoms with Crippen molar-refractivity contribution < 1.29 is 13.2 Å². The van der Waals surface area contributed by atoms with Crippen molar-refractivity contribution in [3.05, 3.63) is 94.5 Å². The minimum absolute atomic E-state index is 0.144. The Kier molecular flexibility index (Phi) is 6.51. The molecular weight excluding hydrogens is 408 g/mol. The molecule has 0 spiro atoms. The maximum atomic E-state index is 12.9. The molecule has 0 aliphatic carbocycles. The van der Waals surface area contributed by atoms with Gasteiger partial charge in [-0.05, 0) is 74.7 Å². The van der Waals surface area contributed by atoms with Gasteiger partial charge in [0.15, 0.2) is 0 Å². The summed E-state index contributed by atoms with van der Waals surface area (Å²) in [5.41, 5.74) is 5.11. The van der Waals surface area contributed by atoms with Crippen LogP contribution >= 0.6 is 0 Å². The summed E-state index contributed by atoms with van der Waals surface area (Å²) in [7, 11) is -2.16. The molecule has 31 heavy (non-hydrogen) atoms. The molecule has 0 aliphatic rings. The van der Waals surface area contributed by atoms with E-state index in [2.05, 4.69) is 11.4 Å². The first kappa shape index (κ1) is 22.6. The molecule has 0 saturated carbocycles. The van der Waals surface area contributed by atoms with Crippen LogP contribution in [-0.2, 0) is 10.0 Å². The molecule has 1 atom stereocenters. The van der Waals surface area contributed by atoms with Crippen molar-refractivity contribution in [2.75, 3.05) is 11.4 Å². The van der Waals surface area contributed by atoms with Crippen molar-refractivity contribution >= 4 is 21.6 Å². The molecule has 0 saturated heterocycles. The molecule has 3 rings (SSSR count). The average molecular weight is 437 g/mol. The van der Waals surface area contributed by atoms with E-state index >= 15 is 0 Å². The number of carbonyl (C=O) groups is 1. The van der Waals surface area contributed by atoms with Crippen LogP contribution in [0.3, 0.4) is 0 Å². The van der Waals surface area contributed by atoms with E-state index in [9.17, 15) is 13.2 Å². The van der Waals surface area contributed by atoms with Crippen molar-refractivity contribution in [2.45, 2.75) is 38.6 Å². The van der Waals surface area contributed by atoms with Crippen LogP contribution in [0.4, 0.5) is 5.69 Å². The lowest BCUT2D eigenvalue weighted by Gasteiger charge is -2.22. The van der Waals surface area contributed by atoms with Gasteiger partial charge in [0.1, 0.15) is 0 Å². The van der Waals surface area contributed by atoms with E-state index in [1.54, 1.807) is 55.5 Å². The highest BCUT2D eigenvalue weighted by atomic mass is 32.2. The molecule has 1 amide bonds. The number of nitrogens with one attached hydrogen (secondary N) is 1. The lowest BCUT2D eigenvalue weighted by atomic mass is 10.00. The lowest BCUT2D eigenvalue weighted by molar-refractivity contribution is 0.0939. The third kappa shape index (κ3) is 4.80. The minimum Gasteiger partial charge on any atom is -0.346 e. The molecular formula is C25H28N2O3S. The first-order valence-electron chi connectivity index (χ1n) is 10.1. The summed E-state index contributed by atoms with van der Waals surface area (Å²) in [6.45, 7) is 7.83. The Balaban J connectivity index is 1.81. The van der Waals surface area contributed by atoms with Crippen LogP contribution < -0.4 is 9.62 Å². The van der Waals surface area contributed by atoms with Gasteiger partial charge in [-0.3, -0.25) is 9.10 Å². The highest BCUT2D eigenvalue weighted by molar-refractivity contribution is 7.92. The van der Waals surface area contributed by atoms with Gasteiger partial charge in [-0.15, -0.1) is 0 Å². The van der Waals surface area contributed by atoms with Crippen LogP contribution in [0.25, 0.3) is 0 Å². The van der Waals surface area contributed by atoms with E-state index in [1.807, 2.05) is 32.9 Å².